The third kappa shape index (κ3) is 5.60. The molecule has 0 fully saturated rings. The predicted molar refractivity (Wildman–Crippen MR) is 111 cm³/mol. The fourth-order valence-corrected chi connectivity index (χ4v) is 3.61. The number of anilines is 2. The van der Waals surface area contributed by atoms with Crippen LogP contribution in [0.15, 0.2) is 54.6 Å². The van der Waals surface area contributed by atoms with E-state index < -0.39 is 0 Å². The van der Waals surface area contributed by atoms with Gasteiger partial charge in [-0.05, 0) is 43.7 Å². The Labute approximate surface area is 168 Å². The zero-order valence-corrected chi connectivity index (χ0v) is 16.7. The highest BCUT2D eigenvalue weighted by atomic mass is 32.1. The number of benzene rings is 2. The minimum absolute atomic E-state index is 0.119. The predicted octanol–water partition coefficient (Wildman–Crippen LogP) is 4.51. The normalized spacial score (nSPS) is 10.9. The molecular weight excluding hydrogens is 375 g/mol. The Morgan fingerprint density at radius 1 is 1.14 bits per heavy atom. The Hall–Kier alpha value is -2.80. The fourth-order valence-electron chi connectivity index (χ4n) is 2.77. The third-order valence-electron chi connectivity index (χ3n) is 4.24. The van der Waals surface area contributed by atoms with Gasteiger partial charge in [-0.25, -0.2) is 9.37 Å². The van der Waals surface area contributed by atoms with Crippen LogP contribution in [0.5, 0.6) is 0 Å². The van der Waals surface area contributed by atoms with Crippen molar-refractivity contribution in [3.05, 3.63) is 71.8 Å². The van der Waals surface area contributed by atoms with Gasteiger partial charge in [-0.2, -0.15) is 4.37 Å². The molecule has 5 nitrogen and oxygen atoms in total. The zero-order chi connectivity index (χ0) is 19.9. The Bertz CT molecular complexity index is 896. The number of halogens is 1. The maximum atomic E-state index is 13.0. The number of hydrogen-bond acceptors (Lipinski definition) is 5. The molecule has 0 bridgehead atoms. The molecule has 0 saturated carbocycles. The molecule has 146 valence electrons. The van der Waals surface area contributed by atoms with Crippen molar-refractivity contribution in [1.82, 2.24) is 9.36 Å². The second-order valence-electron chi connectivity index (χ2n) is 6.75. The lowest BCUT2D eigenvalue weighted by Gasteiger charge is -2.25. The summed E-state index contributed by atoms with van der Waals surface area (Å²) in [5, 5.41) is 3.60. The van der Waals surface area contributed by atoms with E-state index in [0.29, 0.717) is 25.1 Å². The molecule has 3 aromatic rings. The number of carbonyl (C=O) groups is 1. The number of amides is 1. The first-order valence-electron chi connectivity index (χ1n) is 9.20. The highest BCUT2D eigenvalue weighted by Gasteiger charge is 2.17. The molecule has 0 aliphatic heterocycles. The maximum absolute atomic E-state index is 13.0. The molecule has 1 N–H and O–H groups in total. The van der Waals surface area contributed by atoms with E-state index in [1.165, 1.54) is 29.2 Å². The molecule has 3 rings (SSSR count). The second kappa shape index (κ2) is 9.41. The lowest BCUT2D eigenvalue weighted by atomic mass is 10.1. The lowest BCUT2D eigenvalue weighted by molar-refractivity contribution is -0.116. The number of nitrogens with zero attached hydrogens (tertiary/aromatic N) is 3. The van der Waals surface area contributed by atoms with Crippen LogP contribution in [0.2, 0.25) is 0 Å². The van der Waals surface area contributed by atoms with Crippen LogP contribution in [0.1, 0.15) is 31.7 Å². The van der Waals surface area contributed by atoms with E-state index in [1.54, 1.807) is 12.1 Å². The molecule has 0 atom stereocenters. The van der Waals surface area contributed by atoms with Gasteiger partial charge in [-0.15, -0.1) is 0 Å². The van der Waals surface area contributed by atoms with E-state index >= 15 is 0 Å². The molecule has 0 unspecified atom stereocenters. The third-order valence-corrected chi connectivity index (χ3v) is 5.03. The molecule has 28 heavy (non-hydrogen) atoms. The van der Waals surface area contributed by atoms with Crippen molar-refractivity contribution in [2.75, 3.05) is 16.8 Å². The standard InChI is InChI=1S/C21H23FN4OS/c1-15(2)26(13-12-20(27)23-18-10-8-17(22)9-11-18)21-24-19(25-28-21)14-16-6-4-3-5-7-16/h3-11,15H,12-14H2,1-2H3,(H,23,27). The summed E-state index contributed by atoms with van der Waals surface area (Å²) < 4.78 is 17.4. The average molecular weight is 399 g/mol. The van der Waals surface area contributed by atoms with Crippen molar-refractivity contribution in [3.8, 4) is 0 Å². The largest absolute Gasteiger partial charge is 0.344 e. The van der Waals surface area contributed by atoms with Gasteiger partial charge in [0.25, 0.3) is 0 Å². The van der Waals surface area contributed by atoms with Gasteiger partial charge in [0.05, 0.1) is 0 Å². The number of nitrogens with one attached hydrogen (secondary N) is 1. The SMILES string of the molecule is CC(C)N(CCC(=O)Nc1ccc(F)cc1)c1nc(Cc2ccccc2)ns1. The number of carbonyl (C=O) groups excluding carboxylic acids is 1. The van der Waals surface area contributed by atoms with Crippen molar-refractivity contribution < 1.29 is 9.18 Å². The number of aromatic nitrogens is 2. The van der Waals surface area contributed by atoms with Gasteiger partial charge in [-0.1, -0.05) is 30.3 Å². The van der Waals surface area contributed by atoms with Crippen LogP contribution in [0.25, 0.3) is 0 Å². The van der Waals surface area contributed by atoms with Crippen molar-refractivity contribution in [2.24, 2.45) is 0 Å². The monoisotopic (exact) mass is 398 g/mol. The smallest absolute Gasteiger partial charge is 0.226 e. The van der Waals surface area contributed by atoms with Crippen molar-refractivity contribution in [3.63, 3.8) is 0 Å². The van der Waals surface area contributed by atoms with Gasteiger partial charge < -0.3 is 10.2 Å². The molecule has 1 aromatic heterocycles. The van der Waals surface area contributed by atoms with Crippen LogP contribution in [0, 0.1) is 5.82 Å². The van der Waals surface area contributed by atoms with E-state index in [-0.39, 0.29) is 17.8 Å². The number of rotatable bonds is 8. The summed E-state index contributed by atoms with van der Waals surface area (Å²) in [6.07, 6.45) is 0.998. The van der Waals surface area contributed by atoms with Crippen LogP contribution in [-0.2, 0) is 11.2 Å². The molecular formula is C21H23FN4OS. The summed E-state index contributed by atoms with van der Waals surface area (Å²) in [6.45, 7) is 4.66. The molecule has 1 amide bonds. The number of hydrogen-bond donors (Lipinski definition) is 1. The first-order chi connectivity index (χ1) is 13.5. The van der Waals surface area contributed by atoms with Crippen LogP contribution in [-0.4, -0.2) is 27.9 Å². The van der Waals surface area contributed by atoms with Crippen LogP contribution in [0.4, 0.5) is 15.2 Å². The van der Waals surface area contributed by atoms with Crippen LogP contribution >= 0.6 is 11.5 Å². The molecule has 0 aliphatic carbocycles. The minimum atomic E-state index is -0.327. The topological polar surface area (TPSA) is 58.1 Å². The molecule has 1 heterocycles. The first kappa shape index (κ1) is 19.9. The second-order valence-corrected chi connectivity index (χ2v) is 7.48. The van der Waals surface area contributed by atoms with E-state index in [4.69, 9.17) is 0 Å². The van der Waals surface area contributed by atoms with E-state index in [9.17, 15) is 9.18 Å². The van der Waals surface area contributed by atoms with Crippen molar-refractivity contribution >= 4 is 28.3 Å². The molecule has 7 heteroatoms. The average Bonchev–Trinajstić information content (AvgIpc) is 3.12. The van der Waals surface area contributed by atoms with Crippen LogP contribution < -0.4 is 10.2 Å². The highest BCUT2D eigenvalue weighted by molar-refractivity contribution is 7.09. The summed E-state index contributed by atoms with van der Waals surface area (Å²) >= 11 is 1.35. The van der Waals surface area contributed by atoms with Gasteiger partial charge in [0.15, 0.2) is 0 Å². The zero-order valence-electron chi connectivity index (χ0n) is 15.9. The van der Waals surface area contributed by atoms with Crippen LogP contribution in [0.3, 0.4) is 0 Å². The first-order valence-corrected chi connectivity index (χ1v) is 9.97. The minimum Gasteiger partial charge on any atom is -0.344 e. The van der Waals surface area contributed by atoms with Gasteiger partial charge in [-0.3, -0.25) is 4.79 Å². The highest BCUT2D eigenvalue weighted by Crippen LogP contribution is 2.21. The Balaban J connectivity index is 1.59. The van der Waals surface area contributed by atoms with Gasteiger partial charge in [0.2, 0.25) is 11.0 Å². The lowest BCUT2D eigenvalue weighted by Crippen LogP contribution is -2.33. The van der Waals surface area contributed by atoms with Gasteiger partial charge in [0, 0.05) is 42.6 Å². The van der Waals surface area contributed by atoms with E-state index in [1.807, 2.05) is 18.2 Å². The van der Waals surface area contributed by atoms with Gasteiger partial charge >= 0.3 is 0 Å². The Morgan fingerprint density at radius 3 is 2.54 bits per heavy atom. The molecule has 2 aromatic carbocycles. The Kier molecular flexibility index (Phi) is 6.71. The van der Waals surface area contributed by atoms with Gasteiger partial charge in [0.1, 0.15) is 11.6 Å². The summed E-state index contributed by atoms with van der Waals surface area (Å²) in [7, 11) is 0. The van der Waals surface area contributed by atoms with E-state index in [2.05, 4.69) is 45.6 Å². The summed E-state index contributed by atoms with van der Waals surface area (Å²) in [6, 6.07) is 16.0. The van der Waals surface area contributed by atoms with Crippen molar-refractivity contribution in [1.29, 1.82) is 0 Å². The summed E-state index contributed by atoms with van der Waals surface area (Å²) in [4.78, 5) is 19.0. The molecule has 0 aliphatic rings. The van der Waals surface area contributed by atoms with Crippen molar-refractivity contribution in [2.45, 2.75) is 32.7 Å². The van der Waals surface area contributed by atoms with E-state index in [0.717, 1.165) is 11.0 Å². The fraction of sp³-hybridized carbons (Fsp3) is 0.286. The summed E-state index contributed by atoms with van der Waals surface area (Å²) in [5.41, 5.74) is 1.75. The molecule has 0 spiro atoms. The maximum Gasteiger partial charge on any atom is 0.226 e. The Morgan fingerprint density at radius 2 is 1.86 bits per heavy atom. The molecule has 0 radical (unpaired) electrons. The quantitative estimate of drug-likeness (QED) is 0.606. The molecule has 0 saturated heterocycles. The summed E-state index contributed by atoms with van der Waals surface area (Å²) in [5.74, 6) is 0.338.